The Hall–Kier alpha value is -0.540. The maximum Gasteiger partial charge on any atom is 0.0508 e. The summed E-state index contributed by atoms with van der Waals surface area (Å²) in [5.74, 6) is 0. The van der Waals surface area contributed by atoms with Crippen LogP contribution in [0.15, 0.2) is 22.7 Å². The van der Waals surface area contributed by atoms with Gasteiger partial charge in [-0.15, -0.1) is 0 Å². The van der Waals surface area contributed by atoms with E-state index < -0.39 is 0 Å². The molecule has 3 heteroatoms. The van der Waals surface area contributed by atoms with Crippen LogP contribution in [0.5, 0.6) is 0 Å². The van der Waals surface area contributed by atoms with E-state index >= 15 is 0 Å². The van der Waals surface area contributed by atoms with Crippen molar-refractivity contribution in [2.45, 2.75) is 40.7 Å². The highest BCUT2D eigenvalue weighted by Crippen LogP contribution is 2.28. The average molecular weight is 327 g/mol. The van der Waals surface area contributed by atoms with Crippen LogP contribution in [0.3, 0.4) is 0 Å². The van der Waals surface area contributed by atoms with Crippen LogP contribution in [0.2, 0.25) is 0 Å². The van der Waals surface area contributed by atoms with E-state index in [9.17, 15) is 0 Å². The van der Waals surface area contributed by atoms with Crippen LogP contribution < -0.4 is 10.2 Å². The molecule has 1 rings (SSSR count). The lowest BCUT2D eigenvalue weighted by atomic mass is 9.96. The van der Waals surface area contributed by atoms with Gasteiger partial charge in [-0.1, -0.05) is 33.8 Å². The van der Waals surface area contributed by atoms with Crippen molar-refractivity contribution in [2.75, 3.05) is 25.0 Å². The fourth-order valence-electron chi connectivity index (χ4n) is 2.18. The van der Waals surface area contributed by atoms with E-state index in [0.717, 1.165) is 19.6 Å². The molecule has 0 aromatic heterocycles. The quantitative estimate of drug-likeness (QED) is 0.778. The van der Waals surface area contributed by atoms with Gasteiger partial charge in [0, 0.05) is 24.6 Å². The average Bonchev–Trinajstić information content (AvgIpc) is 2.27. The Labute approximate surface area is 126 Å². The molecule has 1 aromatic rings. The van der Waals surface area contributed by atoms with Crippen LogP contribution in [-0.2, 0) is 6.54 Å². The molecule has 0 amide bonds. The molecule has 0 aliphatic carbocycles. The predicted molar refractivity (Wildman–Crippen MR) is 88.9 cm³/mol. The van der Waals surface area contributed by atoms with Gasteiger partial charge in [0.2, 0.25) is 0 Å². The van der Waals surface area contributed by atoms with Gasteiger partial charge in [0.05, 0.1) is 5.69 Å². The Morgan fingerprint density at radius 1 is 1.26 bits per heavy atom. The first-order chi connectivity index (χ1) is 8.83. The van der Waals surface area contributed by atoms with E-state index in [2.05, 4.69) is 79.1 Å². The van der Waals surface area contributed by atoms with Crippen LogP contribution >= 0.6 is 15.9 Å². The minimum atomic E-state index is 0.301. The topological polar surface area (TPSA) is 15.3 Å². The van der Waals surface area contributed by atoms with Crippen LogP contribution in [-0.4, -0.2) is 20.1 Å². The molecule has 0 saturated heterocycles. The molecule has 0 heterocycles. The number of hydrogen-bond donors (Lipinski definition) is 1. The summed E-state index contributed by atoms with van der Waals surface area (Å²) in [6, 6.07) is 6.64. The first-order valence-electron chi connectivity index (χ1n) is 7.04. The van der Waals surface area contributed by atoms with Gasteiger partial charge in [-0.25, -0.2) is 0 Å². The molecule has 0 spiro atoms. The number of rotatable bonds is 6. The van der Waals surface area contributed by atoms with E-state index in [0.29, 0.717) is 5.41 Å². The Kier molecular flexibility index (Phi) is 6.34. The van der Waals surface area contributed by atoms with Crippen molar-refractivity contribution in [3.63, 3.8) is 0 Å². The lowest BCUT2D eigenvalue weighted by Gasteiger charge is -2.29. The smallest absolute Gasteiger partial charge is 0.0508 e. The van der Waals surface area contributed by atoms with Gasteiger partial charge in [0.25, 0.3) is 0 Å². The van der Waals surface area contributed by atoms with Crippen molar-refractivity contribution in [3.8, 4) is 0 Å². The summed E-state index contributed by atoms with van der Waals surface area (Å²) in [5.41, 5.74) is 2.89. The number of nitrogens with zero attached hydrogens (tertiary/aromatic N) is 1. The number of hydrogen-bond acceptors (Lipinski definition) is 2. The molecule has 0 saturated carbocycles. The van der Waals surface area contributed by atoms with E-state index in [1.54, 1.807) is 0 Å². The van der Waals surface area contributed by atoms with Gasteiger partial charge in [0.15, 0.2) is 0 Å². The lowest BCUT2D eigenvalue weighted by Crippen LogP contribution is -2.29. The van der Waals surface area contributed by atoms with Crippen molar-refractivity contribution in [3.05, 3.63) is 28.2 Å². The molecule has 0 bridgehead atoms. The third kappa shape index (κ3) is 5.96. The molecule has 19 heavy (non-hydrogen) atoms. The SMILES string of the molecule is CCCNCc1ccc(N(C)CC(C)(C)C)c(Br)c1. The first-order valence-corrected chi connectivity index (χ1v) is 7.83. The monoisotopic (exact) mass is 326 g/mol. The fraction of sp³-hybridized carbons (Fsp3) is 0.625. The number of halogens is 1. The lowest BCUT2D eigenvalue weighted by molar-refractivity contribution is 0.419. The molecule has 1 N–H and O–H groups in total. The van der Waals surface area contributed by atoms with Gasteiger partial charge < -0.3 is 10.2 Å². The van der Waals surface area contributed by atoms with Crippen LogP contribution in [0, 0.1) is 5.41 Å². The summed E-state index contributed by atoms with van der Waals surface area (Å²) in [6.45, 7) is 12.0. The molecule has 0 aliphatic rings. The second-order valence-corrected chi connectivity index (χ2v) is 7.23. The van der Waals surface area contributed by atoms with Gasteiger partial charge in [-0.3, -0.25) is 0 Å². The van der Waals surface area contributed by atoms with E-state index in [4.69, 9.17) is 0 Å². The maximum absolute atomic E-state index is 3.69. The van der Waals surface area contributed by atoms with Gasteiger partial charge in [-0.2, -0.15) is 0 Å². The normalized spacial score (nSPS) is 11.7. The van der Waals surface area contributed by atoms with Crippen molar-refractivity contribution in [1.82, 2.24) is 5.32 Å². The first kappa shape index (κ1) is 16.5. The summed E-state index contributed by atoms with van der Waals surface area (Å²) in [7, 11) is 2.15. The number of benzene rings is 1. The highest BCUT2D eigenvalue weighted by atomic mass is 79.9. The third-order valence-electron chi connectivity index (χ3n) is 2.89. The summed E-state index contributed by atoms with van der Waals surface area (Å²) in [6.07, 6.45) is 1.17. The second kappa shape index (κ2) is 7.30. The van der Waals surface area contributed by atoms with Crippen molar-refractivity contribution in [1.29, 1.82) is 0 Å². The zero-order valence-electron chi connectivity index (χ0n) is 12.9. The van der Waals surface area contributed by atoms with Crippen LogP contribution in [0.4, 0.5) is 5.69 Å². The molecule has 0 atom stereocenters. The molecule has 0 aliphatic heterocycles. The zero-order valence-corrected chi connectivity index (χ0v) is 14.5. The van der Waals surface area contributed by atoms with E-state index in [1.165, 1.54) is 22.1 Å². The number of nitrogens with one attached hydrogen (secondary N) is 1. The molecule has 0 fully saturated rings. The summed E-state index contributed by atoms with van der Waals surface area (Å²) in [4.78, 5) is 2.31. The molecule has 1 aromatic carbocycles. The van der Waals surface area contributed by atoms with Crippen LogP contribution in [0.25, 0.3) is 0 Å². The minimum absolute atomic E-state index is 0.301. The van der Waals surface area contributed by atoms with E-state index in [-0.39, 0.29) is 0 Å². The molecule has 108 valence electrons. The molecule has 2 nitrogen and oxygen atoms in total. The Balaban J connectivity index is 2.71. The Morgan fingerprint density at radius 2 is 1.95 bits per heavy atom. The zero-order chi connectivity index (χ0) is 14.5. The largest absolute Gasteiger partial charge is 0.373 e. The van der Waals surface area contributed by atoms with Crippen molar-refractivity contribution >= 4 is 21.6 Å². The molecular weight excluding hydrogens is 300 g/mol. The summed E-state index contributed by atoms with van der Waals surface area (Å²) < 4.78 is 1.18. The van der Waals surface area contributed by atoms with Crippen LogP contribution in [0.1, 0.15) is 39.7 Å². The van der Waals surface area contributed by atoms with Gasteiger partial charge in [0.1, 0.15) is 0 Å². The standard InChI is InChI=1S/C16H27BrN2/c1-6-9-18-11-13-7-8-15(14(17)10-13)19(5)12-16(2,3)4/h7-8,10,18H,6,9,11-12H2,1-5H3. The summed E-state index contributed by atoms with van der Waals surface area (Å²) >= 11 is 3.69. The molecule has 0 unspecified atom stereocenters. The second-order valence-electron chi connectivity index (χ2n) is 6.38. The van der Waals surface area contributed by atoms with E-state index in [1.807, 2.05) is 0 Å². The Morgan fingerprint density at radius 3 is 2.47 bits per heavy atom. The minimum Gasteiger partial charge on any atom is -0.373 e. The molecular formula is C16H27BrN2. The van der Waals surface area contributed by atoms with Gasteiger partial charge >= 0.3 is 0 Å². The van der Waals surface area contributed by atoms with Gasteiger partial charge in [-0.05, 0) is 52.0 Å². The third-order valence-corrected chi connectivity index (χ3v) is 3.53. The Bertz CT molecular complexity index is 396. The summed E-state index contributed by atoms with van der Waals surface area (Å²) in [5, 5.41) is 3.43. The maximum atomic E-state index is 3.69. The fourth-order valence-corrected chi connectivity index (χ4v) is 2.91. The predicted octanol–water partition coefficient (Wildman–Crippen LogP) is 4.43. The highest BCUT2D eigenvalue weighted by Gasteiger charge is 2.15. The van der Waals surface area contributed by atoms with Crippen molar-refractivity contribution in [2.24, 2.45) is 5.41 Å². The van der Waals surface area contributed by atoms with Crippen molar-refractivity contribution < 1.29 is 0 Å². The highest BCUT2D eigenvalue weighted by molar-refractivity contribution is 9.10. The molecule has 0 radical (unpaired) electrons. The number of anilines is 1.